The number of ether oxygens (including phenoxy) is 1. The number of halogens is 2. The van der Waals surface area contributed by atoms with Crippen LogP contribution < -0.4 is 15.4 Å². The molecule has 2 aromatic carbocycles. The van der Waals surface area contributed by atoms with Gasteiger partial charge in [-0.3, -0.25) is 4.79 Å². The molecule has 2 heterocycles. The summed E-state index contributed by atoms with van der Waals surface area (Å²) in [7, 11) is 0. The Morgan fingerprint density at radius 1 is 1.24 bits per heavy atom. The SMILES string of the molecule is O=C1Nc2cccc(C3=CCNCC3)c2OC1c1ccc(Cl)cc1F. The van der Waals surface area contributed by atoms with E-state index in [0.717, 1.165) is 30.6 Å². The van der Waals surface area contributed by atoms with Gasteiger partial charge in [-0.25, -0.2) is 4.39 Å². The molecule has 2 aromatic rings. The van der Waals surface area contributed by atoms with Crippen molar-refractivity contribution in [2.24, 2.45) is 0 Å². The van der Waals surface area contributed by atoms with Gasteiger partial charge in [0.25, 0.3) is 5.91 Å². The van der Waals surface area contributed by atoms with Gasteiger partial charge in [0.2, 0.25) is 6.10 Å². The second-order valence-electron chi connectivity index (χ2n) is 6.02. The lowest BCUT2D eigenvalue weighted by molar-refractivity contribution is -0.123. The minimum Gasteiger partial charge on any atom is -0.473 e. The monoisotopic (exact) mass is 358 g/mol. The summed E-state index contributed by atoms with van der Waals surface area (Å²) < 4.78 is 20.3. The smallest absolute Gasteiger partial charge is 0.270 e. The molecular weight excluding hydrogens is 343 g/mol. The molecule has 1 unspecified atom stereocenters. The fourth-order valence-corrected chi connectivity index (χ4v) is 3.33. The molecule has 4 nitrogen and oxygen atoms in total. The fourth-order valence-electron chi connectivity index (χ4n) is 3.17. The maximum Gasteiger partial charge on any atom is 0.270 e. The van der Waals surface area contributed by atoms with E-state index in [2.05, 4.69) is 16.7 Å². The number of nitrogens with one attached hydrogen (secondary N) is 2. The van der Waals surface area contributed by atoms with Crippen molar-refractivity contribution in [3.05, 3.63) is 64.4 Å². The zero-order chi connectivity index (χ0) is 17.4. The van der Waals surface area contributed by atoms with E-state index in [4.69, 9.17) is 16.3 Å². The van der Waals surface area contributed by atoms with Crippen molar-refractivity contribution in [3.63, 3.8) is 0 Å². The highest BCUT2D eigenvalue weighted by Crippen LogP contribution is 2.42. The molecule has 0 radical (unpaired) electrons. The molecule has 2 N–H and O–H groups in total. The fraction of sp³-hybridized carbons (Fsp3) is 0.211. The molecule has 0 bridgehead atoms. The van der Waals surface area contributed by atoms with Crippen molar-refractivity contribution in [1.82, 2.24) is 5.32 Å². The molecule has 1 amide bonds. The number of carbonyl (C=O) groups excluding carboxylic acids is 1. The van der Waals surface area contributed by atoms with Gasteiger partial charge in [0.15, 0.2) is 5.75 Å². The minimum atomic E-state index is -1.05. The van der Waals surface area contributed by atoms with Crippen molar-refractivity contribution >= 4 is 28.8 Å². The number of hydrogen-bond donors (Lipinski definition) is 2. The van der Waals surface area contributed by atoms with Gasteiger partial charge in [-0.2, -0.15) is 0 Å². The van der Waals surface area contributed by atoms with Gasteiger partial charge in [0, 0.05) is 22.7 Å². The summed E-state index contributed by atoms with van der Waals surface area (Å²) >= 11 is 5.81. The third-order valence-electron chi connectivity index (χ3n) is 4.40. The van der Waals surface area contributed by atoms with Gasteiger partial charge in [0.05, 0.1) is 5.69 Å². The Morgan fingerprint density at radius 2 is 2.12 bits per heavy atom. The van der Waals surface area contributed by atoms with Gasteiger partial charge >= 0.3 is 0 Å². The van der Waals surface area contributed by atoms with Crippen LogP contribution in [-0.4, -0.2) is 19.0 Å². The van der Waals surface area contributed by atoms with Gasteiger partial charge in [-0.05, 0) is 36.7 Å². The van der Waals surface area contributed by atoms with Gasteiger partial charge in [-0.1, -0.05) is 35.9 Å². The summed E-state index contributed by atoms with van der Waals surface area (Å²) in [5, 5.41) is 6.37. The van der Waals surface area contributed by atoms with Gasteiger partial charge in [-0.15, -0.1) is 0 Å². The first-order chi connectivity index (χ1) is 12.1. The predicted molar refractivity (Wildman–Crippen MR) is 95.3 cm³/mol. The minimum absolute atomic E-state index is 0.168. The van der Waals surface area contributed by atoms with Crippen LogP contribution in [0.4, 0.5) is 10.1 Å². The zero-order valence-corrected chi connectivity index (χ0v) is 14.1. The van der Waals surface area contributed by atoms with Gasteiger partial charge in [0.1, 0.15) is 5.82 Å². The Morgan fingerprint density at radius 3 is 2.88 bits per heavy atom. The van der Waals surface area contributed by atoms with E-state index in [1.54, 1.807) is 12.1 Å². The first kappa shape index (κ1) is 16.1. The molecule has 25 heavy (non-hydrogen) atoms. The summed E-state index contributed by atoms with van der Waals surface area (Å²) in [4.78, 5) is 12.4. The first-order valence-corrected chi connectivity index (χ1v) is 8.47. The summed E-state index contributed by atoms with van der Waals surface area (Å²) in [6, 6.07) is 9.84. The van der Waals surface area contributed by atoms with E-state index in [9.17, 15) is 9.18 Å². The first-order valence-electron chi connectivity index (χ1n) is 8.09. The Hall–Kier alpha value is -2.37. The van der Waals surface area contributed by atoms with Crippen LogP contribution in [0.15, 0.2) is 42.5 Å². The second kappa shape index (κ2) is 6.50. The average molecular weight is 359 g/mol. The predicted octanol–water partition coefficient (Wildman–Crippen LogP) is 3.93. The molecule has 0 aromatic heterocycles. The quantitative estimate of drug-likeness (QED) is 0.855. The largest absolute Gasteiger partial charge is 0.473 e. The zero-order valence-electron chi connectivity index (χ0n) is 13.3. The van der Waals surface area contributed by atoms with Crippen molar-refractivity contribution < 1.29 is 13.9 Å². The van der Waals surface area contributed by atoms with E-state index in [0.29, 0.717) is 11.4 Å². The van der Waals surface area contributed by atoms with Crippen LogP contribution >= 0.6 is 11.6 Å². The molecule has 4 rings (SSSR count). The highest BCUT2D eigenvalue weighted by Gasteiger charge is 2.33. The lowest BCUT2D eigenvalue weighted by Gasteiger charge is -2.29. The topological polar surface area (TPSA) is 50.4 Å². The molecule has 2 aliphatic rings. The molecule has 0 saturated carbocycles. The highest BCUT2D eigenvalue weighted by molar-refractivity contribution is 6.30. The standard InChI is InChI=1S/C19H16ClFN2O2/c20-12-4-5-14(15(21)10-12)18-19(24)23-16-3-1-2-13(17(16)25-18)11-6-8-22-9-7-11/h1-6,10,18,22H,7-9H2,(H,23,24). The molecule has 0 spiro atoms. The molecule has 1 atom stereocenters. The van der Waals surface area contributed by atoms with Crippen molar-refractivity contribution in [2.75, 3.05) is 18.4 Å². The third-order valence-corrected chi connectivity index (χ3v) is 4.64. The molecule has 0 aliphatic carbocycles. The van der Waals surface area contributed by atoms with E-state index in [1.807, 2.05) is 12.1 Å². The van der Waals surface area contributed by atoms with Crippen LogP contribution in [-0.2, 0) is 4.79 Å². The summed E-state index contributed by atoms with van der Waals surface area (Å²) in [6.45, 7) is 1.68. The number of hydrogen-bond acceptors (Lipinski definition) is 3. The average Bonchev–Trinajstić information content (AvgIpc) is 2.62. The van der Waals surface area contributed by atoms with Crippen molar-refractivity contribution in [1.29, 1.82) is 0 Å². The van der Waals surface area contributed by atoms with E-state index in [-0.39, 0.29) is 10.6 Å². The Bertz CT molecular complexity index is 882. The summed E-state index contributed by atoms with van der Waals surface area (Å²) in [5.41, 5.74) is 2.86. The molecule has 2 aliphatic heterocycles. The maximum atomic E-state index is 14.3. The Kier molecular flexibility index (Phi) is 4.19. The van der Waals surface area contributed by atoms with Crippen molar-refractivity contribution in [2.45, 2.75) is 12.5 Å². The molecule has 128 valence electrons. The lowest BCUT2D eigenvalue weighted by atomic mass is 9.97. The van der Waals surface area contributed by atoms with Crippen LogP contribution in [0.1, 0.15) is 23.7 Å². The number of para-hydroxylation sites is 1. The Balaban J connectivity index is 1.75. The Labute approximate surface area is 149 Å². The van der Waals surface area contributed by atoms with E-state index < -0.39 is 17.8 Å². The second-order valence-corrected chi connectivity index (χ2v) is 6.46. The molecule has 0 fully saturated rings. The lowest BCUT2D eigenvalue weighted by Crippen LogP contribution is -2.31. The third kappa shape index (κ3) is 3.01. The van der Waals surface area contributed by atoms with Crippen LogP contribution in [0.3, 0.4) is 0 Å². The van der Waals surface area contributed by atoms with Gasteiger partial charge < -0.3 is 15.4 Å². The highest BCUT2D eigenvalue weighted by atomic mass is 35.5. The molecule has 6 heteroatoms. The maximum absolute atomic E-state index is 14.3. The molecule has 0 saturated heterocycles. The number of fused-ring (bicyclic) bond motifs is 1. The van der Waals surface area contributed by atoms with E-state index >= 15 is 0 Å². The number of benzene rings is 2. The van der Waals surface area contributed by atoms with Crippen LogP contribution in [0, 0.1) is 5.82 Å². The van der Waals surface area contributed by atoms with Crippen LogP contribution in [0.25, 0.3) is 5.57 Å². The van der Waals surface area contributed by atoms with Crippen LogP contribution in [0.5, 0.6) is 5.75 Å². The number of amides is 1. The van der Waals surface area contributed by atoms with E-state index in [1.165, 1.54) is 12.1 Å². The number of rotatable bonds is 2. The van der Waals surface area contributed by atoms with Crippen molar-refractivity contribution in [3.8, 4) is 5.75 Å². The number of anilines is 1. The summed E-state index contributed by atoms with van der Waals surface area (Å²) in [6.07, 6.45) is 1.93. The normalized spacial score (nSPS) is 19.5. The molecular formula is C19H16ClFN2O2. The van der Waals surface area contributed by atoms with Crippen LogP contribution in [0.2, 0.25) is 5.02 Å². The summed E-state index contributed by atoms with van der Waals surface area (Å²) in [5.74, 6) is -0.380. The number of carbonyl (C=O) groups is 1.